The molecule has 4 nitrogen and oxygen atoms in total. The molecule has 0 bridgehead atoms. The van der Waals surface area contributed by atoms with E-state index in [1.165, 1.54) is 0 Å². The van der Waals surface area contributed by atoms with Crippen molar-refractivity contribution in [1.82, 2.24) is 5.32 Å². The van der Waals surface area contributed by atoms with Crippen molar-refractivity contribution in [3.63, 3.8) is 0 Å². The number of halogens is 1. The average Bonchev–Trinajstić information content (AvgIpc) is 2.53. The second kappa shape index (κ2) is 7.99. The predicted octanol–water partition coefficient (Wildman–Crippen LogP) is 3.95. The Hall–Kier alpha value is -2.04. The van der Waals surface area contributed by atoms with Crippen LogP contribution in [0.3, 0.4) is 0 Å². The fraction of sp³-hybridized carbons (Fsp3) is 0.278. The smallest absolute Gasteiger partial charge is 0.238 e. The third kappa shape index (κ3) is 4.71. The van der Waals surface area contributed by atoms with Crippen molar-refractivity contribution in [1.29, 1.82) is 0 Å². The summed E-state index contributed by atoms with van der Waals surface area (Å²) in [7, 11) is 1.58. The molecular formula is C18H21ClN2O2. The molecule has 122 valence electrons. The van der Waals surface area contributed by atoms with Gasteiger partial charge in [0.25, 0.3) is 0 Å². The summed E-state index contributed by atoms with van der Waals surface area (Å²) >= 11 is 6.16. The summed E-state index contributed by atoms with van der Waals surface area (Å²) in [4.78, 5) is 12.2. The van der Waals surface area contributed by atoms with E-state index < -0.39 is 0 Å². The number of amides is 1. The van der Waals surface area contributed by atoms with Crippen LogP contribution in [0, 0.1) is 6.92 Å². The van der Waals surface area contributed by atoms with Gasteiger partial charge >= 0.3 is 0 Å². The number of hydrogen-bond acceptors (Lipinski definition) is 3. The Bertz CT molecular complexity index is 688. The van der Waals surface area contributed by atoms with Gasteiger partial charge < -0.3 is 15.4 Å². The molecule has 0 saturated carbocycles. The Kier molecular flexibility index (Phi) is 6.02. The summed E-state index contributed by atoms with van der Waals surface area (Å²) in [5, 5.41) is 6.73. The molecule has 2 N–H and O–H groups in total. The summed E-state index contributed by atoms with van der Waals surface area (Å²) in [5.74, 6) is 0.510. The zero-order valence-electron chi connectivity index (χ0n) is 13.5. The van der Waals surface area contributed by atoms with Gasteiger partial charge in [-0.15, -0.1) is 0 Å². The van der Waals surface area contributed by atoms with Crippen molar-refractivity contribution in [2.75, 3.05) is 19.0 Å². The Balaban J connectivity index is 1.95. The molecule has 0 unspecified atom stereocenters. The first kappa shape index (κ1) is 17.3. The number of nitrogens with one attached hydrogen (secondary N) is 2. The number of hydrogen-bond donors (Lipinski definition) is 2. The molecule has 23 heavy (non-hydrogen) atoms. The van der Waals surface area contributed by atoms with Crippen LogP contribution in [0.4, 0.5) is 5.69 Å². The molecular weight excluding hydrogens is 312 g/mol. The van der Waals surface area contributed by atoms with Crippen molar-refractivity contribution < 1.29 is 9.53 Å². The van der Waals surface area contributed by atoms with Crippen molar-refractivity contribution in [3.8, 4) is 5.75 Å². The molecule has 0 aliphatic carbocycles. The lowest BCUT2D eigenvalue weighted by molar-refractivity contribution is -0.115. The summed E-state index contributed by atoms with van der Waals surface area (Å²) in [6, 6.07) is 13.2. The Morgan fingerprint density at radius 3 is 2.70 bits per heavy atom. The first-order chi connectivity index (χ1) is 11.0. The number of benzene rings is 2. The van der Waals surface area contributed by atoms with E-state index >= 15 is 0 Å². The van der Waals surface area contributed by atoms with Gasteiger partial charge in [-0.05, 0) is 43.2 Å². The van der Waals surface area contributed by atoms with Gasteiger partial charge in [0.1, 0.15) is 5.75 Å². The maximum atomic E-state index is 12.2. The van der Waals surface area contributed by atoms with Crippen LogP contribution >= 0.6 is 11.6 Å². The normalized spacial score (nSPS) is 11.8. The standard InChI is InChI=1S/C18H21ClN2O2/c1-12-8-9-17(23-3)16(10-12)21-18(22)11-20-13(2)14-6-4-5-7-15(14)19/h4-10,13,20H,11H2,1-3H3,(H,21,22)/t13-/m0/s1. The number of anilines is 1. The zero-order valence-corrected chi connectivity index (χ0v) is 14.3. The zero-order chi connectivity index (χ0) is 16.8. The van der Waals surface area contributed by atoms with Gasteiger partial charge in [-0.25, -0.2) is 0 Å². The van der Waals surface area contributed by atoms with E-state index in [0.29, 0.717) is 16.5 Å². The Morgan fingerprint density at radius 2 is 2.00 bits per heavy atom. The maximum absolute atomic E-state index is 12.2. The minimum Gasteiger partial charge on any atom is -0.495 e. The molecule has 2 aromatic rings. The number of methoxy groups -OCH3 is 1. The van der Waals surface area contributed by atoms with Crippen LogP contribution in [0.1, 0.15) is 24.1 Å². The number of carbonyl (C=O) groups is 1. The van der Waals surface area contributed by atoms with Gasteiger partial charge in [0.15, 0.2) is 0 Å². The number of aryl methyl sites for hydroxylation is 1. The highest BCUT2D eigenvalue weighted by atomic mass is 35.5. The van der Waals surface area contributed by atoms with Gasteiger partial charge in [0.05, 0.1) is 19.3 Å². The number of rotatable bonds is 6. The van der Waals surface area contributed by atoms with Gasteiger partial charge in [-0.3, -0.25) is 4.79 Å². The quantitative estimate of drug-likeness (QED) is 0.842. The molecule has 0 saturated heterocycles. The van der Waals surface area contributed by atoms with Crippen molar-refractivity contribution in [2.45, 2.75) is 19.9 Å². The highest BCUT2D eigenvalue weighted by Gasteiger charge is 2.12. The Labute approximate surface area is 141 Å². The Morgan fingerprint density at radius 1 is 1.26 bits per heavy atom. The van der Waals surface area contributed by atoms with Crippen LogP contribution in [0.15, 0.2) is 42.5 Å². The lowest BCUT2D eigenvalue weighted by Gasteiger charge is -2.16. The molecule has 1 atom stereocenters. The molecule has 0 aliphatic rings. The first-order valence-electron chi connectivity index (χ1n) is 7.43. The van der Waals surface area contributed by atoms with E-state index in [2.05, 4.69) is 10.6 Å². The van der Waals surface area contributed by atoms with Crippen LogP contribution in [-0.4, -0.2) is 19.6 Å². The van der Waals surface area contributed by atoms with Crippen LogP contribution in [0.5, 0.6) is 5.75 Å². The highest BCUT2D eigenvalue weighted by Crippen LogP contribution is 2.25. The lowest BCUT2D eigenvalue weighted by atomic mass is 10.1. The topological polar surface area (TPSA) is 50.4 Å². The van der Waals surface area contributed by atoms with Crippen LogP contribution in [0.25, 0.3) is 0 Å². The summed E-state index contributed by atoms with van der Waals surface area (Å²) in [6.07, 6.45) is 0. The van der Waals surface area contributed by atoms with Crippen LogP contribution in [-0.2, 0) is 4.79 Å². The molecule has 0 aromatic heterocycles. The molecule has 0 heterocycles. The monoisotopic (exact) mass is 332 g/mol. The largest absolute Gasteiger partial charge is 0.495 e. The van der Waals surface area contributed by atoms with Crippen LogP contribution < -0.4 is 15.4 Å². The van der Waals surface area contributed by atoms with Crippen molar-refractivity contribution in [2.24, 2.45) is 0 Å². The fourth-order valence-corrected chi connectivity index (χ4v) is 2.60. The molecule has 5 heteroatoms. The van der Waals surface area contributed by atoms with E-state index in [1.54, 1.807) is 7.11 Å². The van der Waals surface area contributed by atoms with Gasteiger partial charge in [0.2, 0.25) is 5.91 Å². The third-order valence-corrected chi connectivity index (χ3v) is 3.91. The van der Waals surface area contributed by atoms with Gasteiger partial charge in [0, 0.05) is 11.1 Å². The second-order valence-corrected chi connectivity index (χ2v) is 5.78. The van der Waals surface area contributed by atoms with Gasteiger partial charge in [-0.1, -0.05) is 35.9 Å². The second-order valence-electron chi connectivity index (χ2n) is 5.38. The third-order valence-electron chi connectivity index (χ3n) is 3.57. The average molecular weight is 333 g/mol. The molecule has 0 spiro atoms. The summed E-state index contributed by atoms with van der Waals surface area (Å²) in [6.45, 7) is 4.12. The minimum absolute atomic E-state index is 0.0196. The van der Waals surface area contributed by atoms with E-state index in [4.69, 9.17) is 16.3 Å². The molecule has 0 fully saturated rings. The minimum atomic E-state index is -0.132. The predicted molar refractivity (Wildman–Crippen MR) is 94.2 cm³/mol. The van der Waals surface area contributed by atoms with Crippen LogP contribution in [0.2, 0.25) is 5.02 Å². The van der Waals surface area contributed by atoms with E-state index in [0.717, 1.165) is 11.1 Å². The molecule has 2 aromatic carbocycles. The van der Waals surface area contributed by atoms with E-state index in [-0.39, 0.29) is 18.5 Å². The summed E-state index contributed by atoms with van der Waals surface area (Å²) in [5.41, 5.74) is 2.69. The fourth-order valence-electron chi connectivity index (χ4n) is 2.30. The van der Waals surface area contributed by atoms with E-state index in [1.807, 2.05) is 56.3 Å². The SMILES string of the molecule is COc1ccc(C)cc1NC(=O)CN[C@@H](C)c1ccccc1Cl. The maximum Gasteiger partial charge on any atom is 0.238 e. The van der Waals surface area contributed by atoms with Gasteiger partial charge in [-0.2, -0.15) is 0 Å². The molecule has 0 aliphatic heterocycles. The lowest BCUT2D eigenvalue weighted by Crippen LogP contribution is -2.30. The van der Waals surface area contributed by atoms with Crippen molar-refractivity contribution in [3.05, 3.63) is 58.6 Å². The van der Waals surface area contributed by atoms with Crippen molar-refractivity contribution >= 4 is 23.2 Å². The van der Waals surface area contributed by atoms with E-state index in [9.17, 15) is 4.79 Å². The number of carbonyl (C=O) groups excluding carboxylic acids is 1. The molecule has 1 amide bonds. The number of ether oxygens (including phenoxy) is 1. The molecule has 2 rings (SSSR count). The summed E-state index contributed by atoms with van der Waals surface area (Å²) < 4.78 is 5.26. The molecule has 0 radical (unpaired) electrons. The first-order valence-corrected chi connectivity index (χ1v) is 7.81. The highest BCUT2D eigenvalue weighted by molar-refractivity contribution is 6.31.